The van der Waals surface area contributed by atoms with E-state index < -0.39 is 0 Å². The SMILES string of the molecule is NC(CCl)=Nc1cccc2c1C(=O)NC2. The summed E-state index contributed by atoms with van der Waals surface area (Å²) in [6.45, 7) is 0.554. The molecule has 15 heavy (non-hydrogen) atoms. The molecular weight excluding hydrogens is 214 g/mol. The van der Waals surface area contributed by atoms with Crippen molar-refractivity contribution in [1.82, 2.24) is 5.32 Å². The summed E-state index contributed by atoms with van der Waals surface area (Å²) in [5.74, 6) is 0.363. The highest BCUT2D eigenvalue weighted by atomic mass is 35.5. The fourth-order valence-electron chi connectivity index (χ4n) is 1.54. The van der Waals surface area contributed by atoms with E-state index in [4.69, 9.17) is 17.3 Å². The molecule has 0 aromatic heterocycles. The van der Waals surface area contributed by atoms with Crippen molar-refractivity contribution in [3.05, 3.63) is 29.3 Å². The zero-order chi connectivity index (χ0) is 10.8. The van der Waals surface area contributed by atoms with Crippen molar-refractivity contribution in [1.29, 1.82) is 0 Å². The number of nitrogens with one attached hydrogen (secondary N) is 1. The van der Waals surface area contributed by atoms with E-state index in [2.05, 4.69) is 10.3 Å². The minimum Gasteiger partial charge on any atom is -0.386 e. The van der Waals surface area contributed by atoms with Crippen molar-refractivity contribution in [3.63, 3.8) is 0 Å². The number of amidine groups is 1. The van der Waals surface area contributed by atoms with Gasteiger partial charge in [-0.2, -0.15) is 0 Å². The monoisotopic (exact) mass is 223 g/mol. The number of nitrogens with zero attached hydrogens (tertiary/aromatic N) is 1. The van der Waals surface area contributed by atoms with Gasteiger partial charge in [0.05, 0.1) is 17.1 Å². The number of hydrogen-bond acceptors (Lipinski definition) is 2. The van der Waals surface area contributed by atoms with Crippen molar-refractivity contribution in [2.24, 2.45) is 10.7 Å². The Morgan fingerprint density at radius 2 is 2.40 bits per heavy atom. The van der Waals surface area contributed by atoms with E-state index in [0.717, 1.165) is 5.56 Å². The van der Waals surface area contributed by atoms with Crippen LogP contribution < -0.4 is 11.1 Å². The molecule has 2 rings (SSSR count). The van der Waals surface area contributed by atoms with E-state index in [-0.39, 0.29) is 11.8 Å². The van der Waals surface area contributed by atoms with Crippen LogP contribution in [-0.2, 0) is 6.54 Å². The molecule has 0 aliphatic carbocycles. The number of amides is 1. The van der Waals surface area contributed by atoms with Gasteiger partial charge in [-0.25, -0.2) is 4.99 Å². The zero-order valence-corrected chi connectivity index (χ0v) is 8.71. The van der Waals surface area contributed by atoms with Crippen LogP contribution >= 0.6 is 11.6 Å². The molecule has 1 amide bonds. The number of benzene rings is 1. The van der Waals surface area contributed by atoms with Gasteiger partial charge in [-0.05, 0) is 11.6 Å². The molecule has 0 radical (unpaired) electrons. The second-order valence-corrected chi connectivity index (χ2v) is 3.50. The Labute approximate surface area is 92.1 Å². The smallest absolute Gasteiger partial charge is 0.254 e. The number of fused-ring (bicyclic) bond motifs is 1. The van der Waals surface area contributed by atoms with Crippen LogP contribution in [0.15, 0.2) is 23.2 Å². The van der Waals surface area contributed by atoms with Crippen LogP contribution in [0.5, 0.6) is 0 Å². The third-order valence-corrected chi connectivity index (χ3v) is 2.47. The van der Waals surface area contributed by atoms with Gasteiger partial charge in [0.2, 0.25) is 0 Å². The largest absolute Gasteiger partial charge is 0.386 e. The minimum atomic E-state index is -0.105. The molecule has 0 spiro atoms. The normalized spacial score (nSPS) is 15.0. The summed E-state index contributed by atoms with van der Waals surface area (Å²) in [5, 5.41) is 2.73. The lowest BCUT2D eigenvalue weighted by Crippen LogP contribution is -2.14. The summed E-state index contributed by atoms with van der Waals surface area (Å²) in [7, 11) is 0. The lowest BCUT2D eigenvalue weighted by molar-refractivity contribution is 0.0966. The van der Waals surface area contributed by atoms with Crippen molar-refractivity contribution >= 4 is 29.0 Å². The molecule has 0 saturated carbocycles. The Balaban J connectivity index is 2.50. The maximum atomic E-state index is 11.5. The predicted octanol–water partition coefficient (Wildman–Crippen LogP) is 1.16. The van der Waals surface area contributed by atoms with Gasteiger partial charge in [0.15, 0.2) is 0 Å². The fourth-order valence-corrected chi connectivity index (χ4v) is 1.60. The Hall–Kier alpha value is -1.55. The summed E-state index contributed by atoms with van der Waals surface area (Å²) in [6, 6.07) is 5.49. The third-order valence-electron chi connectivity index (χ3n) is 2.20. The number of hydrogen-bond donors (Lipinski definition) is 2. The lowest BCUT2D eigenvalue weighted by atomic mass is 10.1. The Bertz CT molecular complexity index is 442. The van der Waals surface area contributed by atoms with Crippen molar-refractivity contribution in [2.75, 3.05) is 5.88 Å². The second kappa shape index (κ2) is 3.90. The van der Waals surface area contributed by atoms with Crippen LogP contribution in [0.4, 0.5) is 5.69 Å². The molecule has 1 aromatic carbocycles. The van der Waals surface area contributed by atoms with Crippen LogP contribution in [0.1, 0.15) is 15.9 Å². The number of aliphatic imine (C=N–C) groups is 1. The third kappa shape index (κ3) is 1.80. The first-order valence-corrected chi connectivity index (χ1v) is 5.05. The van der Waals surface area contributed by atoms with Crippen LogP contribution in [0.2, 0.25) is 0 Å². The highest BCUT2D eigenvalue weighted by Gasteiger charge is 2.21. The molecule has 1 aromatic rings. The second-order valence-electron chi connectivity index (χ2n) is 3.23. The average molecular weight is 224 g/mol. The topological polar surface area (TPSA) is 67.5 Å². The Morgan fingerprint density at radius 1 is 1.60 bits per heavy atom. The van der Waals surface area contributed by atoms with E-state index in [1.807, 2.05) is 12.1 Å². The number of alkyl halides is 1. The molecule has 0 saturated heterocycles. The van der Waals surface area contributed by atoms with E-state index in [9.17, 15) is 4.79 Å². The Morgan fingerprint density at radius 3 is 3.13 bits per heavy atom. The molecule has 78 valence electrons. The van der Waals surface area contributed by atoms with Crippen LogP contribution in [0, 0.1) is 0 Å². The maximum Gasteiger partial charge on any atom is 0.254 e. The minimum absolute atomic E-state index is 0.105. The molecule has 1 aliphatic heterocycles. The van der Waals surface area contributed by atoms with Crippen molar-refractivity contribution < 1.29 is 4.79 Å². The summed E-state index contributed by atoms with van der Waals surface area (Å²) >= 11 is 5.53. The molecule has 4 nitrogen and oxygen atoms in total. The van der Waals surface area contributed by atoms with Gasteiger partial charge in [0.25, 0.3) is 5.91 Å². The molecule has 3 N–H and O–H groups in total. The zero-order valence-electron chi connectivity index (χ0n) is 7.96. The number of carbonyl (C=O) groups excluding carboxylic acids is 1. The van der Waals surface area contributed by atoms with Gasteiger partial charge in [-0.3, -0.25) is 4.79 Å². The standard InChI is InChI=1S/C10H10ClN3O/c11-4-8(12)14-7-3-1-2-6-5-13-10(15)9(6)7/h1-3H,4-5H2,(H2,12,14)(H,13,15). The van der Waals surface area contributed by atoms with Crippen LogP contribution in [0.25, 0.3) is 0 Å². The van der Waals surface area contributed by atoms with Gasteiger partial charge in [0.1, 0.15) is 5.84 Å². The van der Waals surface area contributed by atoms with Crippen LogP contribution in [0.3, 0.4) is 0 Å². The van der Waals surface area contributed by atoms with E-state index >= 15 is 0 Å². The molecule has 0 bridgehead atoms. The van der Waals surface area contributed by atoms with E-state index in [0.29, 0.717) is 23.6 Å². The first-order valence-electron chi connectivity index (χ1n) is 4.51. The average Bonchev–Trinajstić information content (AvgIpc) is 2.61. The van der Waals surface area contributed by atoms with Gasteiger partial charge >= 0.3 is 0 Å². The fraction of sp³-hybridized carbons (Fsp3) is 0.200. The first-order chi connectivity index (χ1) is 7.22. The lowest BCUT2D eigenvalue weighted by Gasteiger charge is -2.01. The molecule has 1 aliphatic rings. The van der Waals surface area contributed by atoms with Gasteiger partial charge < -0.3 is 11.1 Å². The number of rotatable bonds is 2. The molecule has 5 heteroatoms. The molecule has 0 unspecified atom stereocenters. The van der Waals surface area contributed by atoms with E-state index in [1.165, 1.54) is 0 Å². The summed E-state index contributed by atoms with van der Waals surface area (Å²) < 4.78 is 0. The van der Waals surface area contributed by atoms with Crippen molar-refractivity contribution in [2.45, 2.75) is 6.54 Å². The van der Waals surface area contributed by atoms with Crippen LogP contribution in [-0.4, -0.2) is 17.6 Å². The van der Waals surface area contributed by atoms with Gasteiger partial charge in [-0.15, -0.1) is 11.6 Å². The summed E-state index contributed by atoms with van der Waals surface area (Å²) in [4.78, 5) is 15.6. The Kier molecular flexibility index (Phi) is 2.60. The molecule has 0 atom stereocenters. The number of halogens is 1. The summed E-state index contributed by atoms with van der Waals surface area (Å²) in [5.41, 5.74) is 7.66. The van der Waals surface area contributed by atoms with Gasteiger partial charge in [-0.1, -0.05) is 12.1 Å². The van der Waals surface area contributed by atoms with Crippen molar-refractivity contribution in [3.8, 4) is 0 Å². The predicted molar refractivity (Wildman–Crippen MR) is 59.6 cm³/mol. The first kappa shape index (κ1) is 9.98. The number of carbonyl (C=O) groups is 1. The summed E-state index contributed by atoms with van der Waals surface area (Å²) in [6.07, 6.45) is 0. The maximum absolute atomic E-state index is 11.5. The molecule has 1 heterocycles. The molecular formula is C10H10ClN3O. The molecule has 0 fully saturated rings. The number of nitrogens with two attached hydrogens (primary N) is 1. The van der Waals surface area contributed by atoms with Gasteiger partial charge in [0, 0.05) is 6.54 Å². The van der Waals surface area contributed by atoms with E-state index in [1.54, 1.807) is 6.07 Å². The quantitative estimate of drug-likeness (QED) is 0.449. The highest BCUT2D eigenvalue weighted by molar-refractivity contribution is 6.28. The highest BCUT2D eigenvalue weighted by Crippen LogP contribution is 2.26.